The Morgan fingerprint density at radius 3 is 2.44 bits per heavy atom. The van der Waals surface area contributed by atoms with Gasteiger partial charge < -0.3 is 8.85 Å². The second kappa shape index (κ2) is 7.07. The maximum absolute atomic E-state index is 5.93. The summed E-state index contributed by atoms with van der Waals surface area (Å²) in [7, 11) is 1.95. The van der Waals surface area contributed by atoms with E-state index in [4.69, 9.17) is 20.5 Å². The highest BCUT2D eigenvalue weighted by atomic mass is 35.5. The summed E-state index contributed by atoms with van der Waals surface area (Å²) in [5, 5.41) is 0. The molecule has 0 amide bonds. The SMILES string of the molecule is CO[SiH](CC(C)c1ccccc1CCl)OC. The van der Waals surface area contributed by atoms with Crippen LogP contribution < -0.4 is 0 Å². The molecule has 0 aliphatic heterocycles. The lowest BCUT2D eigenvalue weighted by Crippen LogP contribution is -2.21. The zero-order chi connectivity index (χ0) is 12.0. The highest BCUT2D eigenvalue weighted by Gasteiger charge is 2.17. The summed E-state index contributed by atoms with van der Waals surface area (Å²) in [6.07, 6.45) is 0. The highest BCUT2D eigenvalue weighted by molar-refractivity contribution is 6.44. The summed E-state index contributed by atoms with van der Waals surface area (Å²) in [6.45, 7) is 2.20. The lowest BCUT2D eigenvalue weighted by atomic mass is 9.98. The van der Waals surface area contributed by atoms with Gasteiger partial charge in [0.15, 0.2) is 0 Å². The minimum Gasteiger partial charge on any atom is -0.400 e. The maximum atomic E-state index is 5.93. The average Bonchev–Trinajstić information content (AvgIpc) is 2.35. The van der Waals surface area contributed by atoms with Gasteiger partial charge in [0, 0.05) is 20.1 Å². The zero-order valence-corrected chi connectivity index (χ0v) is 12.0. The van der Waals surface area contributed by atoms with Gasteiger partial charge in [0.05, 0.1) is 0 Å². The van der Waals surface area contributed by atoms with Crippen LogP contribution in [-0.4, -0.2) is 23.5 Å². The molecule has 0 N–H and O–H groups in total. The van der Waals surface area contributed by atoms with Crippen molar-refractivity contribution >= 4 is 20.9 Å². The second-order valence-electron chi connectivity index (χ2n) is 3.87. The van der Waals surface area contributed by atoms with Crippen LogP contribution in [0.5, 0.6) is 0 Å². The van der Waals surface area contributed by atoms with Crippen LogP contribution in [0.25, 0.3) is 0 Å². The maximum Gasteiger partial charge on any atom is 0.321 e. The van der Waals surface area contributed by atoms with Crippen LogP contribution in [-0.2, 0) is 14.7 Å². The van der Waals surface area contributed by atoms with Crippen LogP contribution in [0.2, 0.25) is 6.04 Å². The van der Waals surface area contributed by atoms with Crippen LogP contribution in [0.15, 0.2) is 24.3 Å². The third-order valence-corrected chi connectivity index (χ3v) is 5.23. The van der Waals surface area contributed by atoms with E-state index >= 15 is 0 Å². The Bertz CT molecular complexity index is 316. The Morgan fingerprint density at radius 2 is 1.88 bits per heavy atom. The molecular weight excluding hydrogens is 240 g/mol. The summed E-state index contributed by atoms with van der Waals surface area (Å²) in [4.78, 5) is 0. The first-order valence-corrected chi connectivity index (χ1v) is 7.71. The largest absolute Gasteiger partial charge is 0.400 e. The van der Waals surface area contributed by atoms with Crippen LogP contribution in [0, 0.1) is 0 Å². The molecule has 2 nitrogen and oxygen atoms in total. The second-order valence-corrected chi connectivity index (χ2v) is 6.41. The van der Waals surface area contributed by atoms with E-state index in [0.29, 0.717) is 11.8 Å². The molecule has 0 saturated heterocycles. The van der Waals surface area contributed by atoms with Crippen LogP contribution in [0.4, 0.5) is 0 Å². The number of benzene rings is 1. The molecule has 0 heterocycles. The summed E-state index contributed by atoms with van der Waals surface area (Å²) >= 11 is 5.93. The zero-order valence-electron chi connectivity index (χ0n) is 10.1. The number of rotatable bonds is 6. The quantitative estimate of drug-likeness (QED) is 0.577. The molecule has 1 unspecified atom stereocenters. The van der Waals surface area contributed by atoms with Gasteiger partial charge in [0.25, 0.3) is 0 Å². The minimum absolute atomic E-state index is 0.437. The van der Waals surface area contributed by atoms with E-state index in [1.807, 2.05) is 6.07 Å². The first-order valence-electron chi connectivity index (χ1n) is 5.42. The summed E-state index contributed by atoms with van der Waals surface area (Å²) in [5.74, 6) is 0.999. The molecule has 1 atom stereocenters. The van der Waals surface area contributed by atoms with Crippen molar-refractivity contribution in [1.82, 2.24) is 0 Å². The molecule has 16 heavy (non-hydrogen) atoms. The average molecular weight is 259 g/mol. The van der Waals surface area contributed by atoms with E-state index in [1.165, 1.54) is 11.1 Å². The molecule has 0 bridgehead atoms. The van der Waals surface area contributed by atoms with Crippen LogP contribution in [0.1, 0.15) is 24.0 Å². The topological polar surface area (TPSA) is 18.5 Å². The van der Waals surface area contributed by atoms with E-state index in [9.17, 15) is 0 Å². The normalized spacial score (nSPS) is 13.1. The smallest absolute Gasteiger partial charge is 0.321 e. The number of alkyl halides is 1. The lowest BCUT2D eigenvalue weighted by Gasteiger charge is -2.18. The van der Waals surface area contributed by atoms with Crippen LogP contribution >= 0.6 is 11.6 Å². The van der Waals surface area contributed by atoms with Gasteiger partial charge in [-0.2, -0.15) is 0 Å². The molecule has 1 aromatic carbocycles. The van der Waals surface area contributed by atoms with Crippen molar-refractivity contribution in [2.75, 3.05) is 14.2 Å². The number of hydrogen-bond donors (Lipinski definition) is 0. The molecule has 4 heteroatoms. The molecule has 0 radical (unpaired) electrons. The van der Waals surface area contributed by atoms with Gasteiger partial charge >= 0.3 is 9.28 Å². The standard InChI is InChI=1S/C12H19ClO2Si/c1-10(9-16(14-2)15-3)12-7-5-4-6-11(12)8-13/h4-7,10,16H,8-9H2,1-3H3. The van der Waals surface area contributed by atoms with Gasteiger partial charge in [-0.15, -0.1) is 11.6 Å². The molecule has 1 aromatic rings. The van der Waals surface area contributed by atoms with E-state index < -0.39 is 9.28 Å². The fraction of sp³-hybridized carbons (Fsp3) is 0.500. The van der Waals surface area contributed by atoms with Crippen molar-refractivity contribution in [2.45, 2.75) is 24.8 Å². The van der Waals surface area contributed by atoms with E-state index in [-0.39, 0.29) is 0 Å². The number of halogens is 1. The molecule has 0 aliphatic carbocycles. The molecule has 0 aromatic heterocycles. The summed E-state index contributed by atoms with van der Waals surface area (Å²) in [6, 6.07) is 9.27. The molecule has 90 valence electrons. The number of hydrogen-bond acceptors (Lipinski definition) is 2. The van der Waals surface area contributed by atoms with Crippen molar-refractivity contribution in [1.29, 1.82) is 0 Å². The fourth-order valence-corrected chi connectivity index (χ4v) is 3.49. The molecular formula is C12H19ClO2Si. The van der Waals surface area contributed by atoms with Gasteiger partial charge in [0.1, 0.15) is 0 Å². The minimum atomic E-state index is -1.49. The lowest BCUT2D eigenvalue weighted by molar-refractivity contribution is 0.275. The Labute approximate surface area is 104 Å². The Balaban J connectivity index is 2.75. The van der Waals surface area contributed by atoms with Crippen molar-refractivity contribution < 1.29 is 8.85 Å². The molecule has 1 rings (SSSR count). The van der Waals surface area contributed by atoms with E-state index in [1.54, 1.807) is 14.2 Å². The van der Waals surface area contributed by atoms with Gasteiger partial charge in [-0.1, -0.05) is 31.2 Å². The van der Waals surface area contributed by atoms with Crippen molar-refractivity contribution in [3.05, 3.63) is 35.4 Å². The van der Waals surface area contributed by atoms with Gasteiger partial charge in [-0.25, -0.2) is 0 Å². The third-order valence-electron chi connectivity index (χ3n) is 2.80. The first-order chi connectivity index (χ1) is 7.72. The fourth-order valence-electron chi connectivity index (χ4n) is 1.84. The van der Waals surface area contributed by atoms with Gasteiger partial charge in [-0.3, -0.25) is 0 Å². The molecule has 0 fully saturated rings. The van der Waals surface area contributed by atoms with Crippen LogP contribution in [0.3, 0.4) is 0 Å². The Kier molecular flexibility index (Phi) is 6.06. The predicted molar refractivity (Wildman–Crippen MR) is 70.4 cm³/mol. The third kappa shape index (κ3) is 3.59. The monoisotopic (exact) mass is 258 g/mol. The van der Waals surface area contributed by atoms with Gasteiger partial charge in [0.2, 0.25) is 0 Å². The van der Waals surface area contributed by atoms with Gasteiger partial charge in [-0.05, 0) is 23.1 Å². The van der Waals surface area contributed by atoms with Crippen molar-refractivity contribution in [3.8, 4) is 0 Å². The Morgan fingerprint density at radius 1 is 1.25 bits per heavy atom. The highest BCUT2D eigenvalue weighted by Crippen LogP contribution is 2.25. The van der Waals surface area contributed by atoms with E-state index in [0.717, 1.165) is 6.04 Å². The first kappa shape index (κ1) is 13.7. The van der Waals surface area contributed by atoms with E-state index in [2.05, 4.69) is 25.1 Å². The van der Waals surface area contributed by atoms with Crippen molar-refractivity contribution in [3.63, 3.8) is 0 Å². The molecule has 0 aliphatic rings. The van der Waals surface area contributed by atoms with Crippen molar-refractivity contribution in [2.24, 2.45) is 0 Å². The predicted octanol–water partition coefficient (Wildman–Crippen LogP) is 3.04. The summed E-state index contributed by atoms with van der Waals surface area (Å²) < 4.78 is 10.7. The molecule has 0 spiro atoms. The Hall–Kier alpha value is -0.353. The summed E-state index contributed by atoms with van der Waals surface area (Å²) in [5.41, 5.74) is 2.51. The molecule has 0 saturated carbocycles.